The van der Waals surface area contributed by atoms with Gasteiger partial charge in [-0.05, 0) is 105 Å². The molecule has 4 saturated carbocycles. The van der Waals surface area contributed by atoms with E-state index in [4.69, 9.17) is 37.9 Å². The summed E-state index contributed by atoms with van der Waals surface area (Å²) in [4.78, 5) is 38.2. The van der Waals surface area contributed by atoms with Crippen LogP contribution in [-0.4, -0.2) is 154 Å². The molecular formula is C46H62O18. The number of esters is 2. The average molecular weight is 903 g/mol. The summed E-state index contributed by atoms with van der Waals surface area (Å²) in [5.41, 5.74) is -2.74. The van der Waals surface area contributed by atoms with Crippen LogP contribution in [0.3, 0.4) is 0 Å². The van der Waals surface area contributed by atoms with Crippen LogP contribution in [-0.2, 0) is 42.8 Å². The molecule has 2 saturated heterocycles. The Kier molecular flexibility index (Phi) is 13.1. The molecule has 18 heteroatoms. The first-order chi connectivity index (χ1) is 30.4. The Morgan fingerprint density at radius 3 is 2.28 bits per heavy atom. The fraction of sp³-hybridized carbons (Fsp3) is 0.717. The van der Waals surface area contributed by atoms with E-state index in [2.05, 4.69) is 6.92 Å². The van der Waals surface area contributed by atoms with Gasteiger partial charge in [-0.3, -0.25) is 0 Å². The van der Waals surface area contributed by atoms with Gasteiger partial charge in [0.15, 0.2) is 30.2 Å². The number of aldehydes is 1. The first-order valence-electron chi connectivity index (χ1n) is 22.3. The molecule has 1 aromatic rings. The predicted octanol–water partition coefficient (Wildman–Crippen LogP) is 1.59. The Balaban J connectivity index is 0.882. The van der Waals surface area contributed by atoms with Gasteiger partial charge in [0.2, 0.25) is 5.75 Å². The maximum absolute atomic E-state index is 13.3. The van der Waals surface area contributed by atoms with E-state index in [0.717, 1.165) is 24.4 Å². The number of ether oxygens (including phenoxy) is 8. The van der Waals surface area contributed by atoms with Gasteiger partial charge in [-0.25, -0.2) is 9.59 Å². The van der Waals surface area contributed by atoms with Gasteiger partial charge in [-0.2, -0.15) is 0 Å². The summed E-state index contributed by atoms with van der Waals surface area (Å²) in [5, 5.41) is 78.8. The monoisotopic (exact) mass is 902 g/mol. The molecule has 3 heterocycles. The van der Waals surface area contributed by atoms with Crippen LogP contribution in [0.25, 0.3) is 6.08 Å². The zero-order chi connectivity index (χ0) is 45.9. The Bertz CT molecular complexity index is 1950. The molecular weight excluding hydrogens is 840 g/mol. The zero-order valence-electron chi connectivity index (χ0n) is 36.6. The van der Waals surface area contributed by atoms with Crippen LogP contribution >= 0.6 is 0 Å². The number of cyclic esters (lactones) is 1. The topological polar surface area (TPSA) is 267 Å². The maximum atomic E-state index is 13.3. The molecule has 18 nitrogen and oxygen atoms in total. The molecule has 0 spiro atoms. The van der Waals surface area contributed by atoms with Crippen molar-refractivity contribution in [1.82, 2.24) is 0 Å². The molecule has 6 fully saturated rings. The molecule has 7 N–H and O–H groups in total. The van der Waals surface area contributed by atoms with Gasteiger partial charge < -0.3 is 78.4 Å². The Morgan fingerprint density at radius 2 is 1.64 bits per heavy atom. The fourth-order valence-corrected chi connectivity index (χ4v) is 12.8. The third-order valence-corrected chi connectivity index (χ3v) is 16.1. The van der Waals surface area contributed by atoms with Crippen molar-refractivity contribution in [3.05, 3.63) is 35.4 Å². The van der Waals surface area contributed by atoms with Crippen molar-refractivity contribution < 1.29 is 88.0 Å². The average Bonchev–Trinajstić information content (AvgIpc) is 3.82. The second-order valence-corrected chi connectivity index (χ2v) is 19.1. The van der Waals surface area contributed by atoms with Crippen molar-refractivity contribution >= 4 is 24.3 Å². The number of carbonyl (C=O) groups is 3. The van der Waals surface area contributed by atoms with Gasteiger partial charge in [0.05, 0.1) is 55.8 Å². The number of hydrogen-bond acceptors (Lipinski definition) is 18. The number of phenols is 1. The predicted molar refractivity (Wildman–Crippen MR) is 220 cm³/mol. The number of benzene rings is 1. The first kappa shape index (κ1) is 46.8. The first-order valence-corrected chi connectivity index (χ1v) is 22.3. The Hall–Kier alpha value is -3.69. The molecule has 8 rings (SSSR count). The molecule has 3 aliphatic heterocycles. The van der Waals surface area contributed by atoms with E-state index in [-0.39, 0.29) is 60.4 Å². The summed E-state index contributed by atoms with van der Waals surface area (Å²) >= 11 is 0. The van der Waals surface area contributed by atoms with Gasteiger partial charge in [-0.1, -0.05) is 6.92 Å². The molecule has 7 aliphatic rings. The summed E-state index contributed by atoms with van der Waals surface area (Å²) in [5.74, 6) is -1.84. The van der Waals surface area contributed by atoms with Crippen LogP contribution in [0.15, 0.2) is 29.9 Å². The molecule has 1 aromatic carbocycles. The number of rotatable bonds is 12. The highest BCUT2D eigenvalue weighted by atomic mass is 16.7. The molecule has 0 aromatic heterocycles. The summed E-state index contributed by atoms with van der Waals surface area (Å²) in [6, 6.07) is 2.89. The lowest BCUT2D eigenvalue weighted by Gasteiger charge is -2.65. The lowest BCUT2D eigenvalue weighted by molar-refractivity contribution is -0.345. The van der Waals surface area contributed by atoms with Crippen molar-refractivity contribution in [2.24, 2.45) is 28.6 Å². The zero-order valence-corrected chi connectivity index (χ0v) is 36.6. The van der Waals surface area contributed by atoms with E-state index in [9.17, 15) is 50.1 Å². The van der Waals surface area contributed by atoms with Crippen molar-refractivity contribution in [1.29, 1.82) is 0 Å². The minimum atomic E-state index is -1.77. The summed E-state index contributed by atoms with van der Waals surface area (Å²) < 4.78 is 45.2. The minimum Gasteiger partial charge on any atom is -0.502 e. The highest BCUT2D eigenvalue weighted by Crippen LogP contribution is 2.70. The minimum absolute atomic E-state index is 0.00336. The summed E-state index contributed by atoms with van der Waals surface area (Å²) in [6.45, 7) is 3.24. The molecule has 4 aliphatic carbocycles. The highest BCUT2D eigenvalue weighted by molar-refractivity contribution is 5.87. The van der Waals surface area contributed by atoms with E-state index in [0.29, 0.717) is 50.5 Å². The van der Waals surface area contributed by atoms with Crippen molar-refractivity contribution in [2.75, 3.05) is 27.4 Å². The van der Waals surface area contributed by atoms with Gasteiger partial charge in [0, 0.05) is 30.4 Å². The van der Waals surface area contributed by atoms with Crippen molar-refractivity contribution in [3.63, 3.8) is 0 Å². The quantitative estimate of drug-likeness (QED) is 0.0680. The van der Waals surface area contributed by atoms with Gasteiger partial charge in [0.25, 0.3) is 0 Å². The fourth-order valence-electron chi connectivity index (χ4n) is 12.8. The molecule has 0 amide bonds. The lowest BCUT2D eigenvalue weighted by Crippen LogP contribution is -2.69. The number of aliphatic hydroxyl groups excluding tert-OH is 4. The Morgan fingerprint density at radius 1 is 0.922 bits per heavy atom. The molecule has 0 bridgehead atoms. The molecule has 17 atom stereocenters. The molecule has 0 radical (unpaired) electrons. The van der Waals surface area contributed by atoms with Crippen LogP contribution < -0.4 is 9.47 Å². The second kappa shape index (κ2) is 17.8. The van der Waals surface area contributed by atoms with Crippen molar-refractivity contribution in [3.8, 4) is 17.2 Å². The van der Waals surface area contributed by atoms with Gasteiger partial charge in [-0.15, -0.1) is 0 Å². The van der Waals surface area contributed by atoms with Crippen LogP contribution in [0.2, 0.25) is 0 Å². The second-order valence-electron chi connectivity index (χ2n) is 19.1. The summed E-state index contributed by atoms with van der Waals surface area (Å²) in [6.07, 6.45) is -3.51. The number of fused-ring (bicyclic) bond motifs is 5. The smallest absolute Gasteiger partial charge is 0.331 e. The van der Waals surface area contributed by atoms with E-state index in [1.54, 1.807) is 13.0 Å². The molecule has 64 heavy (non-hydrogen) atoms. The van der Waals surface area contributed by atoms with E-state index < -0.39 is 96.0 Å². The summed E-state index contributed by atoms with van der Waals surface area (Å²) in [7, 11) is 2.70. The van der Waals surface area contributed by atoms with Crippen LogP contribution in [0.1, 0.15) is 83.6 Å². The van der Waals surface area contributed by atoms with Crippen LogP contribution in [0.4, 0.5) is 0 Å². The van der Waals surface area contributed by atoms with E-state index in [1.165, 1.54) is 32.4 Å². The maximum Gasteiger partial charge on any atom is 0.331 e. The highest BCUT2D eigenvalue weighted by Gasteiger charge is 2.71. The number of aromatic hydroxyl groups is 1. The molecule has 17 unspecified atom stereocenters. The van der Waals surface area contributed by atoms with Gasteiger partial charge >= 0.3 is 11.9 Å². The molecule has 354 valence electrons. The van der Waals surface area contributed by atoms with Crippen molar-refractivity contribution in [2.45, 2.75) is 151 Å². The third-order valence-electron chi connectivity index (χ3n) is 16.1. The standard InChI is InChI=1S/C46H62O18/c1-23-40(64-42-39(54)41(38(53)33(20-47)62-42)63-34(50)6-5-24-15-31(57-3)37(52)32(16-24)58-4)30(49)18-36(60-23)61-26-7-12-44(22-48)28-8-11-43(2)27(25-17-35(51)59-21-25)10-14-46(43,56)29(28)9-13-45(44,55)19-26/h5-6,15-17,22-23,26-30,33,36,38-42,47,49,52-56H,7-14,18-21H2,1-4H3. The number of aliphatic hydroxyl groups is 6. The SMILES string of the molecule is COc1cc(C=CC(=O)OC2C(O)C(CO)OC(OC3C(O)CC(OC4CCC5(C=O)C6CCC7(C)C(C8=CC(=O)OC8)CCC7(O)C6CCC5(O)C4)OC3C)C2O)cc(OC)c1O. The number of carbonyl (C=O) groups excluding carboxylic acids is 3. The largest absolute Gasteiger partial charge is 0.502 e. The number of hydrogen-bond donors (Lipinski definition) is 7. The normalized spacial score (nSPS) is 44.2. The third kappa shape index (κ3) is 7.84. The van der Waals surface area contributed by atoms with Crippen LogP contribution in [0, 0.1) is 28.6 Å². The number of methoxy groups -OCH3 is 2. The van der Waals surface area contributed by atoms with E-state index in [1.807, 2.05) is 0 Å². The van der Waals surface area contributed by atoms with Gasteiger partial charge in [0.1, 0.15) is 37.3 Å². The lowest BCUT2D eigenvalue weighted by atomic mass is 9.41. The number of phenolic OH excluding ortho intramolecular Hbond substituents is 1. The van der Waals surface area contributed by atoms with E-state index >= 15 is 0 Å². The van der Waals surface area contributed by atoms with Crippen LogP contribution in [0.5, 0.6) is 17.2 Å². The Labute approximate surface area is 371 Å².